The van der Waals surface area contributed by atoms with Crippen molar-refractivity contribution in [2.45, 2.75) is 64.6 Å². The van der Waals surface area contributed by atoms with E-state index in [2.05, 4.69) is 40.9 Å². The highest BCUT2D eigenvalue weighted by Gasteiger charge is 2.33. The van der Waals surface area contributed by atoms with E-state index in [0.717, 1.165) is 25.7 Å². The standard InChI is InChI=1S/C16H28N2S/c1-3-5-16(11-17-9-4-2)18(15-6-7-15)12-14-8-10-19-13-14/h8,10,13,15-17H,3-7,9,11-12H2,1-2H3. The Kier molecular flexibility index (Phi) is 6.35. The van der Waals surface area contributed by atoms with Crippen molar-refractivity contribution in [3.8, 4) is 0 Å². The molecule has 2 nitrogen and oxygen atoms in total. The quantitative estimate of drug-likeness (QED) is 0.654. The topological polar surface area (TPSA) is 15.3 Å². The summed E-state index contributed by atoms with van der Waals surface area (Å²) in [6.45, 7) is 8.00. The normalized spacial score (nSPS) is 17.0. The van der Waals surface area contributed by atoms with Gasteiger partial charge in [0.2, 0.25) is 0 Å². The monoisotopic (exact) mass is 280 g/mol. The second kappa shape index (κ2) is 8.03. The molecular weight excluding hydrogens is 252 g/mol. The van der Waals surface area contributed by atoms with Crippen LogP contribution in [0.5, 0.6) is 0 Å². The molecule has 1 aliphatic rings. The zero-order valence-electron chi connectivity index (χ0n) is 12.4. The second-order valence-corrected chi connectivity index (χ2v) is 6.46. The third kappa shape index (κ3) is 4.90. The van der Waals surface area contributed by atoms with Crippen LogP contribution in [0, 0.1) is 0 Å². The summed E-state index contributed by atoms with van der Waals surface area (Å²) >= 11 is 1.82. The van der Waals surface area contributed by atoms with Crippen LogP contribution in [0.15, 0.2) is 16.8 Å². The molecule has 1 aliphatic carbocycles. The second-order valence-electron chi connectivity index (χ2n) is 5.68. The summed E-state index contributed by atoms with van der Waals surface area (Å²) in [6, 6.07) is 3.84. The van der Waals surface area contributed by atoms with Crippen molar-refractivity contribution in [3.63, 3.8) is 0 Å². The lowest BCUT2D eigenvalue weighted by Gasteiger charge is -2.32. The maximum Gasteiger partial charge on any atom is 0.0248 e. The van der Waals surface area contributed by atoms with E-state index in [0.29, 0.717) is 6.04 Å². The van der Waals surface area contributed by atoms with Crippen LogP contribution in [0.25, 0.3) is 0 Å². The Morgan fingerprint density at radius 3 is 2.79 bits per heavy atom. The number of hydrogen-bond acceptors (Lipinski definition) is 3. The van der Waals surface area contributed by atoms with Crippen LogP contribution >= 0.6 is 11.3 Å². The molecule has 0 saturated heterocycles. The number of nitrogens with zero attached hydrogens (tertiary/aromatic N) is 1. The first-order valence-electron chi connectivity index (χ1n) is 7.82. The van der Waals surface area contributed by atoms with Gasteiger partial charge in [0, 0.05) is 25.2 Å². The largest absolute Gasteiger partial charge is 0.315 e. The Labute approximate surface area is 122 Å². The Bertz CT molecular complexity index is 333. The molecule has 2 rings (SSSR count). The maximum absolute atomic E-state index is 3.62. The van der Waals surface area contributed by atoms with Gasteiger partial charge in [-0.25, -0.2) is 0 Å². The fourth-order valence-corrected chi connectivity index (χ4v) is 3.38. The highest BCUT2D eigenvalue weighted by Crippen LogP contribution is 2.31. The molecule has 0 radical (unpaired) electrons. The van der Waals surface area contributed by atoms with Crippen LogP contribution in [-0.4, -0.2) is 30.1 Å². The first-order valence-corrected chi connectivity index (χ1v) is 8.77. The maximum atomic E-state index is 3.62. The summed E-state index contributed by atoms with van der Waals surface area (Å²) in [6.07, 6.45) is 6.63. The van der Waals surface area contributed by atoms with Gasteiger partial charge in [-0.3, -0.25) is 4.90 Å². The molecule has 0 bridgehead atoms. The van der Waals surface area contributed by atoms with E-state index in [1.807, 2.05) is 11.3 Å². The van der Waals surface area contributed by atoms with Crippen LogP contribution in [0.4, 0.5) is 0 Å². The molecule has 0 spiro atoms. The van der Waals surface area contributed by atoms with Crippen LogP contribution in [0.3, 0.4) is 0 Å². The summed E-state index contributed by atoms with van der Waals surface area (Å²) in [5.41, 5.74) is 1.49. The number of thiophene rings is 1. The molecule has 3 heteroatoms. The molecule has 0 aliphatic heterocycles. The first kappa shape index (κ1) is 15.0. The van der Waals surface area contributed by atoms with E-state index in [-0.39, 0.29) is 0 Å². The minimum Gasteiger partial charge on any atom is -0.315 e. The molecule has 1 unspecified atom stereocenters. The molecule has 1 fully saturated rings. The summed E-state index contributed by atoms with van der Waals surface area (Å²) < 4.78 is 0. The fourth-order valence-electron chi connectivity index (χ4n) is 2.72. The Morgan fingerprint density at radius 1 is 1.37 bits per heavy atom. The molecule has 1 aromatic heterocycles. The van der Waals surface area contributed by atoms with E-state index in [1.54, 1.807) is 0 Å². The average molecular weight is 280 g/mol. The molecule has 0 aromatic carbocycles. The summed E-state index contributed by atoms with van der Waals surface area (Å²) in [5, 5.41) is 8.13. The van der Waals surface area contributed by atoms with E-state index in [4.69, 9.17) is 0 Å². The zero-order chi connectivity index (χ0) is 13.5. The van der Waals surface area contributed by atoms with Crippen LogP contribution in [0.2, 0.25) is 0 Å². The van der Waals surface area contributed by atoms with Gasteiger partial charge in [0.25, 0.3) is 0 Å². The predicted octanol–water partition coefficient (Wildman–Crippen LogP) is 3.88. The van der Waals surface area contributed by atoms with E-state index >= 15 is 0 Å². The zero-order valence-corrected chi connectivity index (χ0v) is 13.2. The smallest absolute Gasteiger partial charge is 0.0248 e. The highest BCUT2D eigenvalue weighted by molar-refractivity contribution is 7.07. The van der Waals surface area contributed by atoms with E-state index in [9.17, 15) is 0 Å². The fraction of sp³-hybridized carbons (Fsp3) is 0.750. The minimum absolute atomic E-state index is 0.712. The molecule has 1 atom stereocenters. The van der Waals surface area contributed by atoms with Crippen molar-refractivity contribution in [2.24, 2.45) is 0 Å². The van der Waals surface area contributed by atoms with Gasteiger partial charge in [-0.15, -0.1) is 0 Å². The lowest BCUT2D eigenvalue weighted by molar-refractivity contribution is 0.163. The molecule has 19 heavy (non-hydrogen) atoms. The SMILES string of the molecule is CCCNCC(CCC)N(Cc1ccsc1)C1CC1. The van der Waals surface area contributed by atoms with Gasteiger partial charge in [0.05, 0.1) is 0 Å². The average Bonchev–Trinajstić information content (AvgIpc) is 3.13. The van der Waals surface area contributed by atoms with Gasteiger partial charge in [-0.2, -0.15) is 11.3 Å². The Balaban J connectivity index is 1.92. The van der Waals surface area contributed by atoms with Crippen molar-refractivity contribution in [1.82, 2.24) is 10.2 Å². The lowest BCUT2D eigenvalue weighted by atomic mass is 10.1. The van der Waals surface area contributed by atoms with Gasteiger partial charge < -0.3 is 5.32 Å². The molecule has 1 N–H and O–H groups in total. The third-order valence-electron chi connectivity index (χ3n) is 3.86. The van der Waals surface area contributed by atoms with Crippen LogP contribution in [0.1, 0.15) is 51.5 Å². The number of nitrogens with one attached hydrogen (secondary N) is 1. The van der Waals surface area contributed by atoms with Crippen molar-refractivity contribution in [3.05, 3.63) is 22.4 Å². The van der Waals surface area contributed by atoms with Gasteiger partial charge in [0.1, 0.15) is 0 Å². The first-order chi connectivity index (χ1) is 9.35. The molecule has 1 saturated carbocycles. The number of hydrogen-bond donors (Lipinski definition) is 1. The van der Waals surface area contributed by atoms with Crippen molar-refractivity contribution >= 4 is 11.3 Å². The minimum atomic E-state index is 0.712. The van der Waals surface area contributed by atoms with Gasteiger partial charge in [-0.05, 0) is 54.6 Å². The molecule has 1 aromatic rings. The summed E-state index contributed by atoms with van der Waals surface area (Å²) in [7, 11) is 0. The van der Waals surface area contributed by atoms with E-state index < -0.39 is 0 Å². The Hall–Kier alpha value is -0.380. The third-order valence-corrected chi connectivity index (χ3v) is 4.59. The number of rotatable bonds is 10. The van der Waals surface area contributed by atoms with Gasteiger partial charge in [-0.1, -0.05) is 20.3 Å². The van der Waals surface area contributed by atoms with Gasteiger partial charge >= 0.3 is 0 Å². The van der Waals surface area contributed by atoms with Crippen molar-refractivity contribution in [1.29, 1.82) is 0 Å². The highest BCUT2D eigenvalue weighted by atomic mass is 32.1. The van der Waals surface area contributed by atoms with Crippen molar-refractivity contribution < 1.29 is 0 Å². The van der Waals surface area contributed by atoms with Crippen molar-refractivity contribution in [2.75, 3.05) is 13.1 Å². The molecule has 1 heterocycles. The Morgan fingerprint density at radius 2 is 2.21 bits per heavy atom. The molecule has 0 amide bonds. The molecule has 108 valence electrons. The summed E-state index contributed by atoms with van der Waals surface area (Å²) in [5.74, 6) is 0. The predicted molar refractivity (Wildman–Crippen MR) is 84.7 cm³/mol. The lowest BCUT2D eigenvalue weighted by Crippen LogP contribution is -2.43. The molecular formula is C16H28N2S. The van der Waals surface area contributed by atoms with Crippen LogP contribution in [-0.2, 0) is 6.54 Å². The van der Waals surface area contributed by atoms with E-state index in [1.165, 1.54) is 37.7 Å². The summed E-state index contributed by atoms with van der Waals surface area (Å²) in [4.78, 5) is 2.76. The van der Waals surface area contributed by atoms with Gasteiger partial charge in [0.15, 0.2) is 0 Å². The van der Waals surface area contributed by atoms with Crippen LogP contribution < -0.4 is 5.32 Å².